The molecule has 0 aromatic rings. The van der Waals surface area contributed by atoms with Crippen molar-refractivity contribution in [2.75, 3.05) is 33.3 Å². The van der Waals surface area contributed by atoms with E-state index in [1.54, 1.807) is 0 Å². The molecule has 0 saturated carbocycles. The van der Waals surface area contributed by atoms with Crippen molar-refractivity contribution in [1.82, 2.24) is 4.90 Å². The van der Waals surface area contributed by atoms with Crippen LogP contribution in [0.4, 0.5) is 0 Å². The largest absolute Gasteiger partial charge is 1.00 e. The Hall–Kier alpha value is 0.503. The number of nitrogens with zero attached hydrogens (tertiary/aromatic N) is 2. The molecule has 3 nitrogen and oxygen atoms in total. The summed E-state index contributed by atoms with van der Waals surface area (Å²) in [6.45, 7) is 3.88. The molecule has 2 unspecified atom stereocenters. The first-order valence-electron chi connectivity index (χ1n) is 3.83. The summed E-state index contributed by atoms with van der Waals surface area (Å²) < 4.78 is 5.54. The molecule has 2 aliphatic rings. The molecule has 0 amide bonds. The molecular formula is C7H13N2ORu. The van der Waals surface area contributed by atoms with Crippen molar-refractivity contribution < 1.29 is 24.2 Å². The number of likely N-dealkylation sites (N-methyl/N-ethyl adjacent to an activating group) is 1. The van der Waals surface area contributed by atoms with Crippen molar-refractivity contribution in [3.05, 3.63) is 5.32 Å². The quantitative estimate of drug-likeness (QED) is 0.562. The van der Waals surface area contributed by atoms with E-state index in [1.165, 1.54) is 0 Å². The number of ether oxygens (including phenoxy) is 1. The summed E-state index contributed by atoms with van der Waals surface area (Å²) in [6.07, 6.45) is 0.402. The van der Waals surface area contributed by atoms with Crippen molar-refractivity contribution in [1.29, 1.82) is 0 Å². The monoisotopic (exact) mass is 243 g/mol. The van der Waals surface area contributed by atoms with E-state index in [2.05, 4.69) is 17.3 Å². The van der Waals surface area contributed by atoms with Gasteiger partial charge < -0.3 is 15.0 Å². The number of likely N-dealkylation sites (tertiary alicyclic amines) is 1. The van der Waals surface area contributed by atoms with Gasteiger partial charge in [-0.15, -0.1) is 6.54 Å². The van der Waals surface area contributed by atoms with Crippen LogP contribution in [0.3, 0.4) is 0 Å². The number of morpholine rings is 1. The van der Waals surface area contributed by atoms with Gasteiger partial charge in [-0.25, -0.2) is 0 Å². The molecule has 65 valence electrons. The summed E-state index contributed by atoms with van der Waals surface area (Å²) in [6, 6.07) is 0.471. The van der Waals surface area contributed by atoms with E-state index < -0.39 is 0 Å². The molecule has 11 heavy (non-hydrogen) atoms. The summed E-state index contributed by atoms with van der Waals surface area (Å²) in [4.78, 5) is 2.28. The Balaban J connectivity index is 0.000000605. The molecular weight excluding hydrogens is 229 g/mol. The van der Waals surface area contributed by atoms with E-state index in [0.717, 1.165) is 26.2 Å². The normalized spacial score (nSPS) is 37.9. The molecule has 2 aliphatic heterocycles. The fraction of sp³-hybridized carbons (Fsp3) is 1.00. The van der Waals surface area contributed by atoms with Crippen LogP contribution in [0.25, 0.3) is 5.32 Å². The van der Waals surface area contributed by atoms with Crippen LogP contribution in [-0.2, 0) is 24.2 Å². The van der Waals surface area contributed by atoms with Gasteiger partial charge in [-0.05, 0) is 13.6 Å². The number of fused-ring (bicyclic) bond motifs is 1. The van der Waals surface area contributed by atoms with Crippen molar-refractivity contribution in [2.24, 2.45) is 0 Å². The SMILES string of the molecule is CN1CC2[N-]CCOC2C1.[Ru+]. The van der Waals surface area contributed by atoms with Gasteiger partial charge in [0.15, 0.2) is 0 Å². The fourth-order valence-electron chi connectivity index (χ4n) is 1.70. The molecule has 1 radical (unpaired) electrons. The first-order valence-corrected chi connectivity index (χ1v) is 3.83. The van der Waals surface area contributed by atoms with Gasteiger partial charge in [-0.1, -0.05) is 6.04 Å². The number of hydrogen-bond acceptors (Lipinski definition) is 2. The third kappa shape index (κ3) is 2.00. The fourth-order valence-corrected chi connectivity index (χ4v) is 1.70. The number of hydrogen-bond donors (Lipinski definition) is 0. The predicted octanol–water partition coefficient (Wildman–Crippen LogP) is 0.0704. The van der Waals surface area contributed by atoms with E-state index >= 15 is 0 Å². The molecule has 2 saturated heterocycles. The van der Waals surface area contributed by atoms with Gasteiger partial charge >= 0.3 is 19.5 Å². The van der Waals surface area contributed by atoms with Crippen LogP contribution in [0.1, 0.15) is 0 Å². The Morgan fingerprint density at radius 1 is 1.45 bits per heavy atom. The molecule has 0 N–H and O–H groups in total. The zero-order valence-electron chi connectivity index (χ0n) is 6.64. The average Bonchev–Trinajstić information content (AvgIpc) is 2.27. The Morgan fingerprint density at radius 2 is 2.27 bits per heavy atom. The molecule has 2 atom stereocenters. The first kappa shape index (κ1) is 9.59. The molecule has 0 spiro atoms. The summed E-state index contributed by atoms with van der Waals surface area (Å²) >= 11 is 0. The van der Waals surface area contributed by atoms with E-state index in [1.807, 2.05) is 0 Å². The second-order valence-corrected chi connectivity index (χ2v) is 3.10. The maximum absolute atomic E-state index is 5.54. The number of rotatable bonds is 0. The Bertz CT molecular complexity index is 120. The standard InChI is InChI=1S/C7H13N2O.Ru/c1-9-4-6-7(5-9)10-3-2-8-6;/h6-7H,2-5H2,1H3;/q-1;+1. The Kier molecular flexibility index (Phi) is 3.44. The molecule has 0 bridgehead atoms. The Morgan fingerprint density at radius 3 is 3.00 bits per heavy atom. The van der Waals surface area contributed by atoms with Crippen molar-refractivity contribution in [2.45, 2.75) is 12.1 Å². The molecule has 0 aromatic carbocycles. The summed E-state index contributed by atoms with van der Waals surface area (Å²) in [5.74, 6) is 0. The van der Waals surface area contributed by atoms with Crippen LogP contribution in [0.5, 0.6) is 0 Å². The molecule has 0 aliphatic carbocycles. The van der Waals surface area contributed by atoms with Gasteiger partial charge in [0.1, 0.15) is 0 Å². The van der Waals surface area contributed by atoms with Gasteiger partial charge in [0.05, 0.1) is 6.10 Å². The van der Waals surface area contributed by atoms with Crippen LogP contribution >= 0.6 is 0 Å². The average molecular weight is 242 g/mol. The van der Waals surface area contributed by atoms with Gasteiger partial charge in [-0.3, -0.25) is 0 Å². The minimum atomic E-state index is 0. The predicted molar refractivity (Wildman–Crippen MR) is 39.3 cm³/mol. The smallest absolute Gasteiger partial charge is 0.654 e. The van der Waals surface area contributed by atoms with E-state index in [9.17, 15) is 0 Å². The van der Waals surface area contributed by atoms with E-state index in [-0.39, 0.29) is 19.5 Å². The van der Waals surface area contributed by atoms with Gasteiger partial charge in [0, 0.05) is 13.2 Å². The maximum Gasteiger partial charge on any atom is 1.00 e. The molecule has 2 heterocycles. The minimum absolute atomic E-state index is 0. The van der Waals surface area contributed by atoms with Gasteiger partial charge in [0.2, 0.25) is 0 Å². The van der Waals surface area contributed by atoms with Crippen molar-refractivity contribution in [3.63, 3.8) is 0 Å². The third-order valence-electron chi connectivity index (χ3n) is 2.21. The second kappa shape index (κ2) is 3.95. The van der Waals surface area contributed by atoms with Gasteiger partial charge in [-0.2, -0.15) is 0 Å². The van der Waals surface area contributed by atoms with Crippen LogP contribution in [0.2, 0.25) is 0 Å². The zero-order chi connectivity index (χ0) is 6.97. The molecule has 2 rings (SSSR count). The first-order chi connectivity index (χ1) is 4.86. The van der Waals surface area contributed by atoms with E-state index in [4.69, 9.17) is 4.74 Å². The van der Waals surface area contributed by atoms with Gasteiger partial charge in [0.25, 0.3) is 0 Å². The minimum Gasteiger partial charge on any atom is -0.654 e. The molecule has 4 heteroatoms. The van der Waals surface area contributed by atoms with Crippen LogP contribution < -0.4 is 0 Å². The van der Waals surface area contributed by atoms with Crippen LogP contribution in [0, 0.1) is 0 Å². The summed E-state index contributed by atoms with van der Waals surface area (Å²) in [7, 11) is 2.12. The maximum atomic E-state index is 5.54. The molecule has 2 fully saturated rings. The van der Waals surface area contributed by atoms with Crippen molar-refractivity contribution in [3.8, 4) is 0 Å². The second-order valence-electron chi connectivity index (χ2n) is 3.10. The molecule has 0 aromatic heterocycles. The summed E-state index contributed by atoms with van der Waals surface area (Å²) in [5.41, 5.74) is 0. The van der Waals surface area contributed by atoms with Crippen LogP contribution in [-0.4, -0.2) is 50.3 Å². The van der Waals surface area contributed by atoms with Crippen molar-refractivity contribution >= 4 is 0 Å². The third-order valence-corrected chi connectivity index (χ3v) is 2.21. The van der Waals surface area contributed by atoms with E-state index in [0.29, 0.717) is 12.1 Å². The Labute approximate surface area is 80.2 Å². The zero-order valence-corrected chi connectivity index (χ0v) is 8.38. The van der Waals surface area contributed by atoms with Crippen LogP contribution in [0.15, 0.2) is 0 Å². The summed E-state index contributed by atoms with van der Waals surface area (Å²) in [5, 5.41) is 4.48. The topological polar surface area (TPSA) is 26.6 Å².